The number of sulfonamides is 1. The number of nitrogens with one attached hydrogen (secondary N) is 1. The van der Waals surface area contributed by atoms with Gasteiger partial charge in [-0.25, -0.2) is 13.1 Å². The normalized spacial score (nSPS) is 11.7. The molecular weight excluding hydrogens is 262 g/mol. The maximum atomic E-state index is 11.8. The van der Waals surface area contributed by atoms with Crippen LogP contribution >= 0.6 is 0 Å². The summed E-state index contributed by atoms with van der Waals surface area (Å²) in [4.78, 5) is 0. The van der Waals surface area contributed by atoms with Gasteiger partial charge in [-0.2, -0.15) is 0 Å². The van der Waals surface area contributed by atoms with E-state index in [1.54, 1.807) is 24.3 Å². The van der Waals surface area contributed by atoms with Crippen molar-refractivity contribution < 1.29 is 13.5 Å². The van der Waals surface area contributed by atoms with Crippen molar-refractivity contribution in [3.8, 4) is 0 Å². The van der Waals surface area contributed by atoms with Crippen molar-refractivity contribution >= 4 is 10.0 Å². The predicted molar refractivity (Wildman–Crippen MR) is 77.1 cm³/mol. The molecule has 0 bridgehead atoms. The molecule has 0 saturated heterocycles. The standard InChI is InChI=1S/C14H23NO3S/c1-2-3-4-5-10-15-19(17,18)12-14-8-6-13(11-16)7-9-14/h6-9,15-16H,2-5,10-12H2,1H3. The van der Waals surface area contributed by atoms with E-state index in [4.69, 9.17) is 5.11 Å². The fourth-order valence-electron chi connectivity index (χ4n) is 1.79. The molecule has 0 radical (unpaired) electrons. The lowest BCUT2D eigenvalue weighted by molar-refractivity contribution is 0.282. The number of hydrogen-bond donors (Lipinski definition) is 2. The predicted octanol–water partition coefficient (Wildman–Crippen LogP) is 2.18. The molecule has 0 amide bonds. The van der Waals surface area contributed by atoms with Gasteiger partial charge in [0.25, 0.3) is 0 Å². The SMILES string of the molecule is CCCCCCNS(=O)(=O)Cc1ccc(CO)cc1. The van der Waals surface area contributed by atoms with Crippen LogP contribution in [0.5, 0.6) is 0 Å². The van der Waals surface area contributed by atoms with Crippen molar-refractivity contribution in [3.05, 3.63) is 35.4 Å². The molecule has 2 N–H and O–H groups in total. The fraction of sp³-hybridized carbons (Fsp3) is 0.571. The number of benzene rings is 1. The number of aliphatic hydroxyl groups is 1. The summed E-state index contributed by atoms with van der Waals surface area (Å²) in [5, 5.41) is 8.92. The van der Waals surface area contributed by atoms with E-state index in [1.165, 1.54) is 0 Å². The molecule has 0 aromatic heterocycles. The van der Waals surface area contributed by atoms with Crippen molar-refractivity contribution in [1.82, 2.24) is 4.72 Å². The van der Waals surface area contributed by atoms with Crippen molar-refractivity contribution in [2.24, 2.45) is 0 Å². The van der Waals surface area contributed by atoms with Gasteiger partial charge >= 0.3 is 0 Å². The van der Waals surface area contributed by atoms with Gasteiger partial charge < -0.3 is 5.11 Å². The van der Waals surface area contributed by atoms with Gasteiger partial charge in [0, 0.05) is 6.54 Å². The third kappa shape index (κ3) is 6.71. The molecule has 5 heteroatoms. The van der Waals surface area contributed by atoms with Crippen molar-refractivity contribution in [2.45, 2.75) is 45.0 Å². The Morgan fingerprint density at radius 1 is 1.05 bits per heavy atom. The Morgan fingerprint density at radius 2 is 1.68 bits per heavy atom. The molecule has 4 nitrogen and oxygen atoms in total. The average Bonchev–Trinajstić information content (AvgIpc) is 2.39. The van der Waals surface area contributed by atoms with Gasteiger partial charge in [-0.3, -0.25) is 0 Å². The van der Waals surface area contributed by atoms with E-state index in [0.29, 0.717) is 6.54 Å². The molecule has 0 atom stereocenters. The van der Waals surface area contributed by atoms with E-state index in [2.05, 4.69) is 11.6 Å². The van der Waals surface area contributed by atoms with Crippen LogP contribution in [0.3, 0.4) is 0 Å². The first kappa shape index (κ1) is 16.1. The minimum atomic E-state index is -3.25. The first-order valence-corrected chi connectivity index (χ1v) is 8.38. The fourth-order valence-corrected chi connectivity index (χ4v) is 2.98. The Bertz CT molecular complexity index is 454. The first-order chi connectivity index (χ1) is 9.07. The molecule has 1 rings (SSSR count). The van der Waals surface area contributed by atoms with Crippen LogP contribution in [-0.2, 0) is 22.4 Å². The second kappa shape index (κ2) is 8.30. The van der Waals surface area contributed by atoms with Gasteiger partial charge in [-0.15, -0.1) is 0 Å². The summed E-state index contributed by atoms with van der Waals surface area (Å²) in [7, 11) is -3.25. The van der Waals surface area contributed by atoms with Gasteiger partial charge in [0.2, 0.25) is 10.0 Å². The molecule has 0 saturated carbocycles. The summed E-state index contributed by atoms with van der Waals surface area (Å²) in [6, 6.07) is 6.96. The summed E-state index contributed by atoms with van der Waals surface area (Å²) >= 11 is 0. The molecule has 108 valence electrons. The zero-order valence-corrected chi connectivity index (χ0v) is 12.2. The van der Waals surface area contributed by atoms with E-state index < -0.39 is 10.0 Å². The number of rotatable bonds is 9. The number of unbranched alkanes of at least 4 members (excludes halogenated alkanes) is 3. The van der Waals surface area contributed by atoms with Gasteiger partial charge in [-0.05, 0) is 17.5 Å². The third-order valence-corrected chi connectivity index (χ3v) is 4.27. The van der Waals surface area contributed by atoms with Crippen molar-refractivity contribution in [1.29, 1.82) is 0 Å². The quantitative estimate of drug-likeness (QED) is 0.683. The zero-order chi connectivity index (χ0) is 14.1. The lowest BCUT2D eigenvalue weighted by Crippen LogP contribution is -2.26. The lowest BCUT2D eigenvalue weighted by Gasteiger charge is -2.07. The largest absolute Gasteiger partial charge is 0.392 e. The maximum absolute atomic E-state index is 11.8. The summed E-state index contributed by atoms with van der Waals surface area (Å²) in [6.45, 7) is 2.61. The van der Waals surface area contributed by atoms with Crippen molar-refractivity contribution in [2.75, 3.05) is 6.54 Å². The van der Waals surface area contributed by atoms with Gasteiger partial charge in [0.05, 0.1) is 12.4 Å². The second-order valence-electron chi connectivity index (χ2n) is 4.69. The molecule has 0 aliphatic carbocycles. The highest BCUT2D eigenvalue weighted by Crippen LogP contribution is 2.08. The molecule has 0 heterocycles. The molecule has 0 spiro atoms. The molecule has 0 unspecified atom stereocenters. The highest BCUT2D eigenvalue weighted by Gasteiger charge is 2.10. The average molecular weight is 285 g/mol. The van der Waals surface area contributed by atoms with Crippen LogP contribution in [0.4, 0.5) is 0 Å². The Labute approximate surface area is 115 Å². The Balaban J connectivity index is 2.40. The van der Waals surface area contributed by atoms with Crippen molar-refractivity contribution in [3.63, 3.8) is 0 Å². The molecular formula is C14H23NO3S. The van der Waals surface area contributed by atoms with Gasteiger partial charge in [0.15, 0.2) is 0 Å². The van der Waals surface area contributed by atoms with Crippen LogP contribution in [0.2, 0.25) is 0 Å². The van der Waals surface area contributed by atoms with Gasteiger partial charge in [-0.1, -0.05) is 50.5 Å². The second-order valence-corrected chi connectivity index (χ2v) is 6.50. The lowest BCUT2D eigenvalue weighted by atomic mass is 10.2. The first-order valence-electron chi connectivity index (χ1n) is 6.73. The van der Waals surface area contributed by atoms with E-state index in [-0.39, 0.29) is 12.4 Å². The molecule has 1 aromatic rings. The van der Waals surface area contributed by atoms with E-state index in [9.17, 15) is 8.42 Å². The molecule has 19 heavy (non-hydrogen) atoms. The maximum Gasteiger partial charge on any atom is 0.215 e. The summed E-state index contributed by atoms with van der Waals surface area (Å²) in [5.41, 5.74) is 1.52. The summed E-state index contributed by atoms with van der Waals surface area (Å²) in [6.07, 6.45) is 4.23. The Morgan fingerprint density at radius 3 is 2.26 bits per heavy atom. The molecule has 0 aliphatic rings. The number of aliphatic hydroxyl groups excluding tert-OH is 1. The van der Waals surface area contributed by atoms with Crippen LogP contribution < -0.4 is 4.72 Å². The number of hydrogen-bond acceptors (Lipinski definition) is 3. The van der Waals surface area contributed by atoms with Crippen LogP contribution in [0.1, 0.15) is 43.7 Å². The van der Waals surface area contributed by atoms with Crippen LogP contribution in [0.15, 0.2) is 24.3 Å². The van der Waals surface area contributed by atoms with Crippen LogP contribution in [-0.4, -0.2) is 20.1 Å². The highest BCUT2D eigenvalue weighted by atomic mass is 32.2. The molecule has 1 aromatic carbocycles. The Hall–Kier alpha value is -0.910. The topological polar surface area (TPSA) is 66.4 Å². The van der Waals surface area contributed by atoms with E-state index in [0.717, 1.165) is 36.8 Å². The van der Waals surface area contributed by atoms with Gasteiger partial charge in [0.1, 0.15) is 0 Å². The zero-order valence-electron chi connectivity index (χ0n) is 11.4. The highest BCUT2D eigenvalue weighted by molar-refractivity contribution is 7.88. The smallest absolute Gasteiger partial charge is 0.215 e. The minimum absolute atomic E-state index is 0.00745. The van der Waals surface area contributed by atoms with E-state index >= 15 is 0 Å². The minimum Gasteiger partial charge on any atom is -0.392 e. The molecule has 0 fully saturated rings. The summed E-state index contributed by atoms with van der Waals surface area (Å²) < 4.78 is 26.3. The Kier molecular flexibility index (Phi) is 7.05. The monoisotopic (exact) mass is 285 g/mol. The summed E-state index contributed by atoms with van der Waals surface area (Å²) in [5.74, 6) is -0.00745. The van der Waals surface area contributed by atoms with Crippen LogP contribution in [0, 0.1) is 0 Å². The molecule has 0 aliphatic heterocycles. The van der Waals surface area contributed by atoms with E-state index in [1.807, 2.05) is 0 Å². The van der Waals surface area contributed by atoms with Crippen LogP contribution in [0.25, 0.3) is 0 Å². The third-order valence-electron chi connectivity index (χ3n) is 2.91.